The molecule has 1 heterocycles. The number of carbonyl (C=O) groups excluding carboxylic acids is 2. The van der Waals surface area contributed by atoms with Crippen molar-refractivity contribution in [3.8, 4) is 0 Å². The lowest BCUT2D eigenvalue weighted by Crippen LogP contribution is -2.52. The van der Waals surface area contributed by atoms with Crippen LogP contribution in [0.3, 0.4) is 0 Å². The lowest BCUT2D eigenvalue weighted by molar-refractivity contribution is -0.133. The standard InChI is InChI=1S/C29H32N2O2/c1-21(23-16-10-6-11-17-23)30-27(33)25(20-22-14-8-5-9-15-22)31(28(30)29(2,3)4)26(32)24-18-12-7-13-19-24/h5-19,21,25,28H,20H2,1-4H3/t21-,25-,28-/m0/s1. The van der Waals surface area contributed by atoms with Crippen LogP contribution in [0.5, 0.6) is 0 Å². The number of benzene rings is 3. The second-order valence-electron chi connectivity index (χ2n) is 9.86. The van der Waals surface area contributed by atoms with Crippen LogP contribution in [-0.4, -0.2) is 33.8 Å². The first kappa shape index (κ1) is 22.8. The second-order valence-corrected chi connectivity index (χ2v) is 9.86. The van der Waals surface area contributed by atoms with Crippen molar-refractivity contribution in [2.45, 2.75) is 52.4 Å². The summed E-state index contributed by atoms with van der Waals surface area (Å²) in [7, 11) is 0. The summed E-state index contributed by atoms with van der Waals surface area (Å²) in [6.45, 7) is 8.37. The fourth-order valence-corrected chi connectivity index (χ4v) is 4.85. The van der Waals surface area contributed by atoms with E-state index in [2.05, 4.69) is 27.7 Å². The quantitative estimate of drug-likeness (QED) is 0.509. The molecule has 0 spiro atoms. The Hall–Kier alpha value is -3.40. The van der Waals surface area contributed by atoms with Crippen molar-refractivity contribution in [2.75, 3.05) is 0 Å². The molecular formula is C29H32N2O2. The summed E-state index contributed by atoms with van der Waals surface area (Å²) in [6, 6.07) is 28.6. The molecule has 3 aromatic rings. The lowest BCUT2D eigenvalue weighted by atomic mass is 9.89. The molecule has 4 rings (SSSR count). The Balaban J connectivity index is 1.82. The van der Waals surface area contributed by atoms with Crippen LogP contribution >= 0.6 is 0 Å². The van der Waals surface area contributed by atoms with Gasteiger partial charge in [-0.1, -0.05) is 99.6 Å². The van der Waals surface area contributed by atoms with Crippen molar-refractivity contribution in [3.63, 3.8) is 0 Å². The van der Waals surface area contributed by atoms with Crippen LogP contribution in [0.25, 0.3) is 0 Å². The van der Waals surface area contributed by atoms with Crippen molar-refractivity contribution < 1.29 is 9.59 Å². The van der Waals surface area contributed by atoms with Crippen molar-refractivity contribution in [1.82, 2.24) is 9.80 Å². The molecule has 33 heavy (non-hydrogen) atoms. The van der Waals surface area contributed by atoms with Gasteiger partial charge in [0, 0.05) is 17.4 Å². The highest BCUT2D eigenvalue weighted by molar-refractivity contribution is 6.00. The highest BCUT2D eigenvalue weighted by atomic mass is 16.2. The molecule has 1 aliphatic heterocycles. The maximum atomic E-state index is 14.1. The van der Waals surface area contributed by atoms with E-state index in [4.69, 9.17) is 0 Å². The summed E-state index contributed by atoms with van der Waals surface area (Å²) >= 11 is 0. The zero-order valence-corrected chi connectivity index (χ0v) is 19.8. The van der Waals surface area contributed by atoms with Crippen LogP contribution in [0.2, 0.25) is 0 Å². The van der Waals surface area contributed by atoms with Crippen molar-refractivity contribution in [1.29, 1.82) is 0 Å². The van der Waals surface area contributed by atoms with E-state index >= 15 is 0 Å². The summed E-state index contributed by atoms with van der Waals surface area (Å²) in [5.74, 6) is -0.105. The van der Waals surface area contributed by atoms with E-state index in [9.17, 15) is 9.59 Å². The van der Waals surface area contributed by atoms with E-state index in [1.807, 2.05) is 101 Å². The molecule has 0 radical (unpaired) electrons. The Bertz CT molecular complexity index is 1090. The average molecular weight is 441 g/mol. The Kier molecular flexibility index (Phi) is 6.37. The molecule has 3 aromatic carbocycles. The van der Waals surface area contributed by atoms with Gasteiger partial charge in [-0.2, -0.15) is 0 Å². The van der Waals surface area contributed by atoms with Gasteiger partial charge in [0.15, 0.2) is 0 Å². The van der Waals surface area contributed by atoms with Gasteiger partial charge in [0.25, 0.3) is 5.91 Å². The fourth-order valence-electron chi connectivity index (χ4n) is 4.85. The van der Waals surface area contributed by atoms with E-state index in [0.29, 0.717) is 12.0 Å². The number of hydrogen-bond donors (Lipinski definition) is 0. The Morgan fingerprint density at radius 2 is 1.36 bits per heavy atom. The molecule has 4 heteroatoms. The number of carbonyl (C=O) groups is 2. The number of nitrogens with zero attached hydrogens (tertiary/aromatic N) is 2. The van der Waals surface area contributed by atoms with Gasteiger partial charge in [0.05, 0.1) is 6.04 Å². The molecular weight excluding hydrogens is 408 g/mol. The monoisotopic (exact) mass is 440 g/mol. The molecule has 0 unspecified atom stereocenters. The predicted molar refractivity (Wildman–Crippen MR) is 131 cm³/mol. The van der Waals surface area contributed by atoms with E-state index in [-0.39, 0.29) is 29.4 Å². The summed E-state index contributed by atoms with van der Waals surface area (Å²) in [4.78, 5) is 31.7. The second kappa shape index (κ2) is 9.22. The normalized spacial score (nSPS) is 19.6. The predicted octanol–water partition coefficient (Wildman–Crippen LogP) is 5.72. The van der Waals surface area contributed by atoms with Crippen LogP contribution < -0.4 is 0 Å². The van der Waals surface area contributed by atoms with Crippen molar-refractivity contribution >= 4 is 11.8 Å². The van der Waals surface area contributed by atoms with Gasteiger partial charge < -0.3 is 9.80 Å². The van der Waals surface area contributed by atoms with Gasteiger partial charge >= 0.3 is 0 Å². The maximum Gasteiger partial charge on any atom is 0.256 e. The molecule has 0 saturated carbocycles. The van der Waals surface area contributed by atoms with Crippen LogP contribution in [0.1, 0.15) is 55.2 Å². The Morgan fingerprint density at radius 3 is 1.91 bits per heavy atom. The van der Waals surface area contributed by atoms with Gasteiger partial charge in [0.1, 0.15) is 12.2 Å². The highest BCUT2D eigenvalue weighted by Crippen LogP contribution is 2.41. The minimum Gasteiger partial charge on any atom is -0.313 e. The zero-order chi connectivity index (χ0) is 23.6. The Labute approximate surface area is 196 Å². The molecule has 2 amide bonds. The summed E-state index contributed by atoms with van der Waals surface area (Å²) in [5, 5.41) is 0. The largest absolute Gasteiger partial charge is 0.313 e. The van der Waals surface area contributed by atoms with Crippen molar-refractivity contribution in [3.05, 3.63) is 108 Å². The summed E-state index contributed by atoms with van der Waals surface area (Å²) in [6.07, 6.45) is 0.115. The molecule has 0 N–H and O–H groups in total. The highest BCUT2D eigenvalue weighted by Gasteiger charge is 2.54. The average Bonchev–Trinajstić information content (AvgIpc) is 3.12. The zero-order valence-electron chi connectivity index (χ0n) is 19.8. The minimum atomic E-state index is -0.560. The van der Waals surface area contributed by atoms with Gasteiger partial charge in [-0.3, -0.25) is 9.59 Å². The Morgan fingerprint density at radius 1 is 0.848 bits per heavy atom. The maximum absolute atomic E-state index is 14.1. The summed E-state index contributed by atoms with van der Waals surface area (Å²) in [5.41, 5.74) is 2.37. The third-order valence-corrected chi connectivity index (χ3v) is 6.40. The number of hydrogen-bond acceptors (Lipinski definition) is 2. The van der Waals surface area contributed by atoms with Gasteiger partial charge in [0.2, 0.25) is 5.91 Å². The van der Waals surface area contributed by atoms with Gasteiger partial charge in [-0.25, -0.2) is 0 Å². The van der Waals surface area contributed by atoms with E-state index in [1.54, 1.807) is 0 Å². The minimum absolute atomic E-state index is 0.000544. The van der Waals surface area contributed by atoms with E-state index in [0.717, 1.165) is 11.1 Å². The SMILES string of the molecule is C[C@@H](c1ccccc1)N1C(=O)[C@H](Cc2ccccc2)N(C(=O)c2ccccc2)[C@H]1C(C)(C)C. The number of rotatable bonds is 5. The molecule has 4 nitrogen and oxygen atoms in total. The molecule has 3 atom stereocenters. The van der Waals surface area contributed by atoms with Crippen molar-refractivity contribution in [2.24, 2.45) is 5.41 Å². The fraction of sp³-hybridized carbons (Fsp3) is 0.310. The van der Waals surface area contributed by atoms with E-state index in [1.165, 1.54) is 0 Å². The third-order valence-electron chi connectivity index (χ3n) is 6.40. The molecule has 1 saturated heterocycles. The van der Waals surface area contributed by atoms with E-state index < -0.39 is 6.04 Å². The molecule has 0 bridgehead atoms. The number of amides is 2. The molecule has 1 fully saturated rings. The first-order valence-electron chi connectivity index (χ1n) is 11.6. The van der Waals surface area contributed by atoms with Crippen LogP contribution in [-0.2, 0) is 11.2 Å². The van der Waals surface area contributed by atoms with Gasteiger partial charge in [-0.05, 0) is 30.2 Å². The van der Waals surface area contributed by atoms with Gasteiger partial charge in [-0.15, -0.1) is 0 Å². The first-order valence-corrected chi connectivity index (χ1v) is 11.6. The molecule has 0 aromatic heterocycles. The molecule has 170 valence electrons. The van der Waals surface area contributed by atoms with Crippen LogP contribution in [0.15, 0.2) is 91.0 Å². The van der Waals surface area contributed by atoms with Crippen LogP contribution in [0.4, 0.5) is 0 Å². The smallest absolute Gasteiger partial charge is 0.256 e. The first-order chi connectivity index (χ1) is 15.8. The lowest BCUT2D eigenvalue weighted by Gasteiger charge is -2.42. The topological polar surface area (TPSA) is 40.6 Å². The molecule has 0 aliphatic carbocycles. The van der Waals surface area contributed by atoms with Crippen LogP contribution in [0, 0.1) is 5.41 Å². The molecule has 1 aliphatic rings. The third kappa shape index (κ3) is 4.56. The summed E-state index contributed by atoms with van der Waals surface area (Å²) < 4.78 is 0.